The van der Waals surface area contributed by atoms with Gasteiger partial charge in [0.05, 0.1) is 45.2 Å². The fraction of sp³-hybridized carbons (Fsp3) is 0.311. The summed E-state index contributed by atoms with van der Waals surface area (Å²) in [5, 5.41) is 17.9. The van der Waals surface area contributed by atoms with Crippen LogP contribution < -0.4 is 20.9 Å². The average molecular weight is 939 g/mol. The van der Waals surface area contributed by atoms with Gasteiger partial charge in [-0.15, -0.1) is 0 Å². The molecule has 65 heavy (non-hydrogen) atoms. The van der Waals surface area contributed by atoms with Crippen LogP contribution in [-0.2, 0) is 39.1 Å². The summed E-state index contributed by atoms with van der Waals surface area (Å²) in [5.41, 5.74) is -0.787. The van der Waals surface area contributed by atoms with E-state index in [0.29, 0.717) is 16.3 Å². The number of carbonyl (C=O) groups is 1. The molecule has 340 valence electrons. The molecule has 2 aliphatic rings. The van der Waals surface area contributed by atoms with E-state index in [1.165, 1.54) is 25.2 Å². The highest BCUT2D eigenvalue weighted by molar-refractivity contribution is 7.89. The molecule has 4 aromatic carbocycles. The van der Waals surface area contributed by atoms with E-state index in [9.17, 15) is 30.8 Å². The SMILES string of the molecule is CNc1c(-n2c([C@H](Cc3cc(F)cc(F)c3)NC(=O)Cn3nc(C(F)F)c4c3C(F)(F)C3CC43)nc3cc(-c4cccc(C(C)(C)C)c4)ccc3c2=O)ccc(Cl)c1C(=N)NS(C)(=O)=O. The van der Waals surface area contributed by atoms with E-state index in [4.69, 9.17) is 22.0 Å². The van der Waals surface area contributed by atoms with Gasteiger partial charge in [-0.3, -0.25) is 29.0 Å². The Bertz CT molecular complexity index is 3110. The molecule has 12 nitrogen and oxygen atoms in total. The molecule has 2 aromatic heterocycles. The number of hydrogen-bond donors (Lipinski definition) is 4. The van der Waals surface area contributed by atoms with Gasteiger partial charge in [-0.2, -0.15) is 13.9 Å². The molecule has 2 unspecified atom stereocenters. The van der Waals surface area contributed by atoms with Gasteiger partial charge in [0.15, 0.2) is 0 Å². The van der Waals surface area contributed by atoms with Gasteiger partial charge in [-0.05, 0) is 76.4 Å². The van der Waals surface area contributed by atoms with Gasteiger partial charge in [0.25, 0.3) is 17.9 Å². The lowest BCUT2D eigenvalue weighted by molar-refractivity contribution is -0.123. The van der Waals surface area contributed by atoms with Gasteiger partial charge in [0.1, 0.15) is 41.2 Å². The molecular weight excluding hydrogens is 898 g/mol. The minimum atomic E-state index is -4.03. The number of aromatic nitrogens is 4. The number of sulfonamides is 1. The number of amides is 1. The van der Waals surface area contributed by atoms with E-state index in [1.807, 2.05) is 45.0 Å². The molecule has 0 saturated heterocycles. The second kappa shape index (κ2) is 16.3. The number of rotatable bonds is 12. The van der Waals surface area contributed by atoms with Gasteiger partial charge < -0.3 is 10.6 Å². The monoisotopic (exact) mass is 938 g/mol. The van der Waals surface area contributed by atoms with Crippen LogP contribution in [0.1, 0.15) is 85.0 Å². The van der Waals surface area contributed by atoms with Crippen molar-refractivity contribution in [2.45, 2.75) is 69.9 Å². The topological polar surface area (TPSA) is 164 Å². The predicted octanol–water partition coefficient (Wildman–Crippen LogP) is 8.64. The summed E-state index contributed by atoms with van der Waals surface area (Å²) in [6, 6.07) is 16.3. The molecule has 3 atom stereocenters. The highest BCUT2D eigenvalue weighted by Gasteiger charge is 2.67. The molecule has 1 amide bonds. The summed E-state index contributed by atoms with van der Waals surface area (Å²) >= 11 is 6.56. The van der Waals surface area contributed by atoms with Crippen LogP contribution >= 0.6 is 11.6 Å². The Kier molecular flexibility index (Phi) is 11.4. The Hall–Kier alpha value is -6.21. The Morgan fingerprint density at radius 2 is 1.71 bits per heavy atom. The van der Waals surface area contributed by atoms with Crippen molar-refractivity contribution in [2.24, 2.45) is 5.92 Å². The maximum atomic E-state index is 15.6. The Balaban J connectivity index is 1.35. The third kappa shape index (κ3) is 8.58. The van der Waals surface area contributed by atoms with Crippen molar-refractivity contribution in [3.05, 3.63) is 139 Å². The van der Waals surface area contributed by atoms with Crippen molar-refractivity contribution in [1.82, 2.24) is 29.4 Å². The molecule has 6 aromatic rings. The van der Waals surface area contributed by atoms with Crippen LogP contribution in [0.15, 0.2) is 77.6 Å². The summed E-state index contributed by atoms with van der Waals surface area (Å²) in [7, 11) is -2.62. The summed E-state index contributed by atoms with van der Waals surface area (Å²) in [6.45, 7) is 5.15. The first-order chi connectivity index (χ1) is 30.5. The van der Waals surface area contributed by atoms with Gasteiger partial charge in [0, 0.05) is 31.0 Å². The third-order valence-corrected chi connectivity index (χ3v) is 12.5. The van der Waals surface area contributed by atoms with Crippen LogP contribution in [0.2, 0.25) is 5.02 Å². The lowest BCUT2D eigenvalue weighted by Crippen LogP contribution is -2.38. The normalized spacial score (nSPS) is 16.9. The first-order valence-electron chi connectivity index (χ1n) is 20.2. The van der Waals surface area contributed by atoms with E-state index >= 15 is 13.6 Å². The second-order valence-corrected chi connectivity index (χ2v) is 19.4. The Labute approximate surface area is 373 Å². The molecule has 4 N–H and O–H groups in total. The number of halogens is 7. The number of nitrogens with one attached hydrogen (secondary N) is 4. The maximum absolute atomic E-state index is 15.6. The van der Waals surface area contributed by atoms with Crippen molar-refractivity contribution in [3.63, 3.8) is 0 Å². The zero-order chi connectivity index (χ0) is 47.1. The van der Waals surface area contributed by atoms with E-state index in [-0.39, 0.29) is 61.7 Å². The van der Waals surface area contributed by atoms with Crippen LogP contribution in [0.25, 0.3) is 27.7 Å². The number of carbonyl (C=O) groups excluding carboxylic acids is 1. The molecule has 0 bridgehead atoms. The van der Waals surface area contributed by atoms with Crippen molar-refractivity contribution >= 4 is 50.0 Å². The minimum absolute atomic E-state index is 0.0103. The van der Waals surface area contributed by atoms with Gasteiger partial charge in [0.2, 0.25) is 15.9 Å². The van der Waals surface area contributed by atoms with Gasteiger partial charge in [-0.25, -0.2) is 31.0 Å². The first-order valence-corrected chi connectivity index (χ1v) is 22.5. The Morgan fingerprint density at radius 3 is 2.35 bits per heavy atom. The van der Waals surface area contributed by atoms with Crippen LogP contribution in [-0.4, -0.2) is 52.8 Å². The third-order valence-electron chi connectivity index (χ3n) is 11.6. The quantitative estimate of drug-likeness (QED) is 0.0542. The van der Waals surface area contributed by atoms with Crippen molar-refractivity contribution in [2.75, 3.05) is 18.6 Å². The first kappa shape index (κ1) is 45.4. The number of nitrogens with zero attached hydrogens (tertiary/aromatic N) is 4. The number of fused-ring (bicyclic) bond motifs is 4. The summed E-state index contributed by atoms with van der Waals surface area (Å²) in [5.74, 6) is -9.60. The highest BCUT2D eigenvalue weighted by Crippen LogP contribution is 2.68. The van der Waals surface area contributed by atoms with Crippen molar-refractivity contribution < 1.29 is 39.6 Å². The largest absolute Gasteiger partial charge is 0.386 e. The van der Waals surface area contributed by atoms with E-state index in [0.717, 1.165) is 34.1 Å². The molecule has 1 fully saturated rings. The smallest absolute Gasteiger partial charge is 0.293 e. The average Bonchev–Trinajstić information content (AvgIpc) is 3.87. The summed E-state index contributed by atoms with van der Waals surface area (Å²) < 4.78 is 117. The molecule has 0 radical (unpaired) electrons. The predicted molar refractivity (Wildman–Crippen MR) is 234 cm³/mol. The van der Waals surface area contributed by atoms with Crippen LogP contribution in [0, 0.1) is 23.0 Å². The molecule has 8 rings (SSSR count). The molecule has 1 saturated carbocycles. The molecule has 2 aliphatic carbocycles. The lowest BCUT2D eigenvalue weighted by Gasteiger charge is -2.26. The number of alkyl halides is 4. The molecular formula is C45H41ClF6N8O4S. The zero-order valence-corrected chi connectivity index (χ0v) is 36.9. The molecule has 20 heteroatoms. The minimum Gasteiger partial charge on any atom is -0.386 e. The van der Waals surface area contributed by atoms with Crippen LogP contribution in [0.4, 0.5) is 32.0 Å². The van der Waals surface area contributed by atoms with Crippen molar-refractivity contribution in [3.8, 4) is 16.8 Å². The number of amidine groups is 1. The lowest BCUT2D eigenvalue weighted by atomic mass is 9.85. The van der Waals surface area contributed by atoms with Crippen LogP contribution in [0.3, 0.4) is 0 Å². The molecule has 0 aliphatic heterocycles. The van der Waals surface area contributed by atoms with E-state index < -0.39 is 93.5 Å². The number of anilines is 1. The molecule has 0 spiro atoms. The highest BCUT2D eigenvalue weighted by atomic mass is 35.5. The van der Waals surface area contributed by atoms with Crippen LogP contribution in [0.5, 0.6) is 0 Å². The van der Waals surface area contributed by atoms with E-state index in [1.54, 1.807) is 12.1 Å². The zero-order valence-electron chi connectivity index (χ0n) is 35.3. The fourth-order valence-electron chi connectivity index (χ4n) is 8.63. The Morgan fingerprint density at radius 1 is 1.02 bits per heavy atom. The molecule has 2 heterocycles. The van der Waals surface area contributed by atoms with Crippen molar-refractivity contribution in [1.29, 1.82) is 5.41 Å². The van der Waals surface area contributed by atoms with E-state index in [2.05, 4.69) is 20.5 Å². The number of hydrogen-bond acceptors (Lipinski definition) is 8. The fourth-order valence-corrected chi connectivity index (χ4v) is 9.35. The summed E-state index contributed by atoms with van der Waals surface area (Å²) in [4.78, 5) is 34.2. The second-order valence-electron chi connectivity index (χ2n) is 17.3. The number of benzene rings is 4. The standard InChI is InChI=1S/C45H41ClF6N8O4S/c1-44(2,3)24-8-6-7-22(16-24)23-9-10-27-31(17-23)56-42(60(43(27)62)33-12-11-30(46)36(37(33)54-4)41(53)58-65(5,63)64)32(15-21-13-25(47)18-26(48)14-21)55-34(61)20-59-39-35(38(57-59)40(49)50)28-19-29(28)45(39,51)52/h6-14,16-18,28-29,32,40,54H,15,19-20H2,1-5H3,(H2,53,58)(H,55,61)/t28?,29?,32-/m0/s1. The van der Waals surface area contributed by atoms with Gasteiger partial charge >= 0.3 is 0 Å². The van der Waals surface area contributed by atoms with Gasteiger partial charge in [-0.1, -0.05) is 62.7 Å². The maximum Gasteiger partial charge on any atom is 0.293 e. The summed E-state index contributed by atoms with van der Waals surface area (Å²) in [6.07, 6.45) is -2.88.